The third kappa shape index (κ3) is 6.82. The number of aromatic hydroxyl groups is 1. The van der Waals surface area contributed by atoms with Gasteiger partial charge in [0.2, 0.25) is 0 Å². The van der Waals surface area contributed by atoms with Crippen LogP contribution in [0.15, 0.2) is 134 Å². The second-order valence-electron chi connectivity index (χ2n) is 15.5. The van der Waals surface area contributed by atoms with Crippen LogP contribution in [0.5, 0.6) is 5.75 Å². The Bertz CT molecular complexity index is 2590. The van der Waals surface area contributed by atoms with E-state index in [-0.39, 0.29) is 37.6 Å². The molecule has 3 aromatic heterocycles. The fourth-order valence-corrected chi connectivity index (χ4v) is 6.91. The molecule has 3 heterocycles. The Morgan fingerprint density at radius 3 is 2.08 bits per heavy atom. The van der Waals surface area contributed by atoms with Crippen LogP contribution in [0, 0.1) is 6.07 Å². The van der Waals surface area contributed by atoms with E-state index < -0.39 is 0 Å². The zero-order valence-corrected chi connectivity index (χ0v) is 33.0. The van der Waals surface area contributed by atoms with E-state index in [1.54, 1.807) is 6.07 Å². The van der Waals surface area contributed by atoms with Crippen LogP contribution in [0.1, 0.15) is 52.7 Å². The maximum absolute atomic E-state index is 11.3. The van der Waals surface area contributed by atoms with E-state index in [1.165, 1.54) is 11.1 Å². The molecule has 0 radical (unpaired) electrons. The smallest absolute Gasteiger partial charge is 0.123 e. The number of phenols is 1. The predicted octanol–water partition coefficient (Wildman–Crippen LogP) is 11.7. The summed E-state index contributed by atoms with van der Waals surface area (Å²) in [7, 11) is 0. The van der Waals surface area contributed by atoms with Crippen molar-refractivity contribution in [2.75, 3.05) is 0 Å². The standard InChI is InChI=1S/C47H41N4O.Pt/c1-46(2,3)35-18-20-37(21-19-35)51-41-16-10-15-38(40-26-31(17-22-42(40)52)30-12-8-7-9-13-30)44(41)50-45(51)34-24-33(28-48-29-34)39-27-36(47(4,5)6)25-32-14-11-23-49-43(32)39;/h7-23,25-29,52H,1-6H3;/q-1;. The number of imidazole rings is 1. The van der Waals surface area contributed by atoms with E-state index in [4.69, 9.17) is 15.0 Å². The van der Waals surface area contributed by atoms with Gasteiger partial charge in [-0.2, -0.15) is 0 Å². The molecule has 6 heteroatoms. The minimum absolute atomic E-state index is 0. The van der Waals surface area contributed by atoms with E-state index in [9.17, 15) is 5.11 Å². The second-order valence-corrected chi connectivity index (χ2v) is 15.5. The number of pyridine rings is 2. The number of aromatic nitrogens is 4. The van der Waals surface area contributed by atoms with Crippen LogP contribution in [0.4, 0.5) is 0 Å². The Hall–Kier alpha value is -5.38. The molecule has 8 rings (SSSR count). The number of para-hydroxylation sites is 1. The van der Waals surface area contributed by atoms with Crippen molar-refractivity contribution in [3.05, 3.63) is 151 Å². The van der Waals surface area contributed by atoms with Gasteiger partial charge >= 0.3 is 0 Å². The SMILES string of the molecule is CC(C)(C)c1ccc(-n2c(-c3[c-]c(-c4cc(C(C)(C)C)cc5cccnc45)cnc3)nc3c(-c4cc(-c5ccccc5)ccc4O)cccc32)cc1.[Pt]. The van der Waals surface area contributed by atoms with E-state index >= 15 is 0 Å². The summed E-state index contributed by atoms with van der Waals surface area (Å²) >= 11 is 0. The van der Waals surface area contributed by atoms with Gasteiger partial charge in [-0.25, -0.2) is 0 Å². The summed E-state index contributed by atoms with van der Waals surface area (Å²) in [4.78, 5) is 14.9. The summed E-state index contributed by atoms with van der Waals surface area (Å²) in [6.07, 6.45) is 5.54. The van der Waals surface area contributed by atoms with Crippen molar-refractivity contribution >= 4 is 21.9 Å². The summed E-state index contributed by atoms with van der Waals surface area (Å²) in [6, 6.07) is 43.1. The van der Waals surface area contributed by atoms with Crippen LogP contribution < -0.4 is 0 Å². The van der Waals surface area contributed by atoms with Crippen LogP contribution in [0.2, 0.25) is 0 Å². The molecule has 53 heavy (non-hydrogen) atoms. The summed E-state index contributed by atoms with van der Waals surface area (Å²) in [5.41, 5.74) is 12.3. The summed E-state index contributed by atoms with van der Waals surface area (Å²) < 4.78 is 2.18. The molecular formula is C47H41N4OPt-. The minimum atomic E-state index is -0.0587. The minimum Gasteiger partial charge on any atom is -0.507 e. The first-order valence-electron chi connectivity index (χ1n) is 17.7. The normalized spacial score (nSPS) is 11.9. The van der Waals surface area contributed by atoms with Crippen molar-refractivity contribution < 1.29 is 26.2 Å². The summed E-state index contributed by atoms with van der Waals surface area (Å²) in [5.74, 6) is 0.911. The van der Waals surface area contributed by atoms with Gasteiger partial charge in [0.05, 0.1) is 16.9 Å². The number of fused-ring (bicyclic) bond motifs is 2. The number of hydrogen-bond acceptors (Lipinski definition) is 4. The van der Waals surface area contributed by atoms with Crippen molar-refractivity contribution in [1.29, 1.82) is 0 Å². The summed E-state index contributed by atoms with van der Waals surface area (Å²) in [5, 5.41) is 12.4. The van der Waals surface area contributed by atoms with Gasteiger partial charge in [-0.3, -0.25) is 9.97 Å². The van der Waals surface area contributed by atoms with E-state index in [0.717, 1.165) is 66.6 Å². The topological polar surface area (TPSA) is 63.8 Å². The summed E-state index contributed by atoms with van der Waals surface area (Å²) in [6.45, 7) is 13.4. The molecule has 8 aromatic rings. The quantitative estimate of drug-likeness (QED) is 0.175. The van der Waals surface area contributed by atoms with E-state index in [1.807, 2.05) is 67.1 Å². The van der Waals surface area contributed by atoms with Crippen LogP contribution in [0.25, 0.3) is 72.4 Å². The molecule has 1 N–H and O–H groups in total. The molecule has 0 aliphatic carbocycles. The Labute approximate surface area is 325 Å². The zero-order chi connectivity index (χ0) is 36.2. The number of phenolic OH excluding ortho intramolecular Hbond substituents is 1. The molecule has 5 aromatic carbocycles. The van der Waals surface area contributed by atoms with Gasteiger partial charge in [0.1, 0.15) is 5.75 Å². The molecule has 0 saturated carbocycles. The largest absolute Gasteiger partial charge is 0.507 e. The molecule has 0 unspecified atom stereocenters. The molecule has 0 aliphatic rings. The van der Waals surface area contributed by atoms with Gasteiger partial charge < -0.3 is 14.7 Å². The molecule has 0 fully saturated rings. The van der Waals surface area contributed by atoms with E-state index in [0.29, 0.717) is 5.82 Å². The van der Waals surface area contributed by atoms with Crippen LogP contribution >= 0.6 is 0 Å². The zero-order valence-electron chi connectivity index (χ0n) is 30.8. The average Bonchev–Trinajstić information content (AvgIpc) is 3.54. The van der Waals surface area contributed by atoms with Gasteiger partial charge in [-0.1, -0.05) is 137 Å². The molecule has 0 atom stereocenters. The fourth-order valence-electron chi connectivity index (χ4n) is 6.91. The third-order valence-electron chi connectivity index (χ3n) is 9.85. The maximum atomic E-state index is 11.3. The van der Waals surface area contributed by atoms with Gasteiger partial charge in [-0.15, -0.1) is 6.07 Å². The maximum Gasteiger partial charge on any atom is 0.123 e. The number of hydrogen-bond donors (Lipinski definition) is 1. The first kappa shape index (κ1) is 36.0. The number of nitrogens with zero attached hydrogens (tertiary/aromatic N) is 4. The van der Waals surface area contributed by atoms with Crippen LogP contribution in [-0.4, -0.2) is 24.6 Å². The molecule has 266 valence electrons. The Kier molecular flexibility index (Phi) is 9.42. The molecule has 0 amide bonds. The fraction of sp³-hybridized carbons (Fsp3) is 0.170. The average molecular weight is 873 g/mol. The molecular weight excluding hydrogens is 832 g/mol. The van der Waals surface area contributed by atoms with Crippen LogP contribution in [-0.2, 0) is 31.9 Å². The first-order valence-corrected chi connectivity index (χ1v) is 17.7. The Balaban J connectivity index is 0.00000435. The number of benzene rings is 5. The van der Waals surface area contributed by atoms with Crippen molar-refractivity contribution in [1.82, 2.24) is 19.5 Å². The van der Waals surface area contributed by atoms with Crippen molar-refractivity contribution in [2.24, 2.45) is 0 Å². The monoisotopic (exact) mass is 872 g/mol. The molecule has 0 bridgehead atoms. The van der Waals surface area contributed by atoms with E-state index in [2.05, 4.69) is 113 Å². The van der Waals surface area contributed by atoms with Crippen molar-refractivity contribution in [2.45, 2.75) is 52.4 Å². The van der Waals surface area contributed by atoms with Crippen molar-refractivity contribution in [3.8, 4) is 56.2 Å². The Morgan fingerprint density at radius 1 is 0.604 bits per heavy atom. The molecule has 5 nitrogen and oxygen atoms in total. The van der Waals surface area contributed by atoms with Gasteiger partial charge in [0.25, 0.3) is 0 Å². The third-order valence-corrected chi connectivity index (χ3v) is 9.85. The number of rotatable bonds is 5. The molecule has 0 spiro atoms. The molecule has 0 saturated heterocycles. The van der Waals surface area contributed by atoms with Crippen molar-refractivity contribution in [3.63, 3.8) is 0 Å². The first-order chi connectivity index (χ1) is 25.0. The van der Waals surface area contributed by atoms with Gasteiger partial charge in [-0.05, 0) is 87.3 Å². The Morgan fingerprint density at radius 2 is 1.34 bits per heavy atom. The van der Waals surface area contributed by atoms with Gasteiger partial charge in [0.15, 0.2) is 0 Å². The van der Waals surface area contributed by atoms with Gasteiger partial charge in [0, 0.05) is 49.6 Å². The molecule has 0 aliphatic heterocycles. The van der Waals surface area contributed by atoms with Crippen LogP contribution in [0.3, 0.4) is 0 Å². The predicted molar refractivity (Wildman–Crippen MR) is 214 cm³/mol. The second kappa shape index (κ2) is 13.9.